The SMILES string of the molecule is CCOP(=O)(OCC)N(C)CCN1CCOCC1. The molecule has 0 saturated carbocycles. The summed E-state index contributed by atoms with van der Waals surface area (Å²) in [4.78, 5) is 2.29. The Kier molecular flexibility index (Phi) is 7.37. The van der Waals surface area contributed by atoms with E-state index in [1.807, 2.05) is 13.8 Å². The quantitative estimate of drug-likeness (QED) is 0.627. The summed E-state index contributed by atoms with van der Waals surface area (Å²) in [6, 6.07) is 0. The molecule has 18 heavy (non-hydrogen) atoms. The Labute approximate surface area is 110 Å². The molecule has 0 aliphatic carbocycles. The normalized spacial score (nSPS) is 18.4. The number of hydrogen-bond acceptors (Lipinski definition) is 5. The van der Waals surface area contributed by atoms with E-state index in [0.29, 0.717) is 19.8 Å². The van der Waals surface area contributed by atoms with Crippen molar-refractivity contribution in [2.75, 3.05) is 59.7 Å². The second-order valence-electron chi connectivity index (χ2n) is 4.14. The maximum Gasteiger partial charge on any atom is 0.407 e. The molecule has 108 valence electrons. The van der Waals surface area contributed by atoms with Gasteiger partial charge in [-0.15, -0.1) is 0 Å². The molecule has 0 aromatic rings. The summed E-state index contributed by atoms with van der Waals surface area (Å²) in [5.41, 5.74) is 0. The van der Waals surface area contributed by atoms with Gasteiger partial charge in [0.25, 0.3) is 0 Å². The Morgan fingerprint density at radius 3 is 2.28 bits per heavy atom. The van der Waals surface area contributed by atoms with Gasteiger partial charge in [-0.1, -0.05) is 0 Å². The first kappa shape index (κ1) is 16.1. The van der Waals surface area contributed by atoms with E-state index < -0.39 is 7.75 Å². The van der Waals surface area contributed by atoms with Gasteiger partial charge in [0.05, 0.1) is 26.4 Å². The van der Waals surface area contributed by atoms with Crippen LogP contribution in [0.5, 0.6) is 0 Å². The smallest absolute Gasteiger partial charge is 0.379 e. The van der Waals surface area contributed by atoms with E-state index in [2.05, 4.69) is 4.90 Å². The van der Waals surface area contributed by atoms with Crippen LogP contribution in [0.2, 0.25) is 0 Å². The maximum atomic E-state index is 12.4. The predicted molar refractivity (Wildman–Crippen MR) is 70.7 cm³/mol. The van der Waals surface area contributed by atoms with Crippen molar-refractivity contribution in [1.29, 1.82) is 0 Å². The molecular formula is C11H25N2O4P. The van der Waals surface area contributed by atoms with E-state index in [1.54, 1.807) is 11.7 Å². The van der Waals surface area contributed by atoms with Gasteiger partial charge in [0, 0.05) is 26.2 Å². The molecule has 0 amide bonds. The van der Waals surface area contributed by atoms with Crippen LogP contribution >= 0.6 is 7.75 Å². The Bertz CT molecular complexity index is 262. The number of hydrogen-bond donors (Lipinski definition) is 0. The third-order valence-electron chi connectivity index (χ3n) is 2.85. The number of ether oxygens (including phenoxy) is 1. The van der Waals surface area contributed by atoms with Crippen LogP contribution in [0.3, 0.4) is 0 Å². The molecule has 6 nitrogen and oxygen atoms in total. The first-order valence-electron chi connectivity index (χ1n) is 6.53. The molecule has 1 aliphatic heterocycles. The summed E-state index contributed by atoms with van der Waals surface area (Å²) >= 11 is 0. The molecule has 0 bridgehead atoms. The molecule has 1 saturated heterocycles. The average molecular weight is 280 g/mol. The highest BCUT2D eigenvalue weighted by atomic mass is 31.2. The summed E-state index contributed by atoms with van der Waals surface area (Å²) in [6.45, 7) is 9.35. The lowest BCUT2D eigenvalue weighted by Gasteiger charge is -2.30. The minimum absolute atomic E-state index is 0.388. The van der Waals surface area contributed by atoms with Gasteiger partial charge in [-0.05, 0) is 20.9 Å². The van der Waals surface area contributed by atoms with E-state index in [1.165, 1.54) is 0 Å². The van der Waals surface area contributed by atoms with E-state index in [4.69, 9.17) is 13.8 Å². The van der Waals surface area contributed by atoms with E-state index >= 15 is 0 Å². The zero-order chi connectivity index (χ0) is 13.4. The lowest BCUT2D eigenvalue weighted by atomic mass is 10.4. The number of likely N-dealkylation sites (N-methyl/N-ethyl adjacent to an activating group) is 1. The maximum absolute atomic E-state index is 12.4. The summed E-state index contributed by atoms with van der Waals surface area (Å²) in [7, 11) is -1.32. The first-order chi connectivity index (χ1) is 8.62. The summed E-state index contributed by atoms with van der Waals surface area (Å²) in [5.74, 6) is 0. The molecule has 0 N–H and O–H groups in total. The molecule has 7 heteroatoms. The van der Waals surface area contributed by atoms with Crippen molar-refractivity contribution in [3.8, 4) is 0 Å². The lowest BCUT2D eigenvalue weighted by molar-refractivity contribution is 0.0356. The fraction of sp³-hybridized carbons (Fsp3) is 1.00. The number of nitrogens with zero attached hydrogens (tertiary/aromatic N) is 2. The van der Waals surface area contributed by atoms with Crippen molar-refractivity contribution in [2.24, 2.45) is 0 Å². The van der Waals surface area contributed by atoms with Gasteiger partial charge in [-0.25, -0.2) is 9.24 Å². The van der Waals surface area contributed by atoms with Crippen molar-refractivity contribution in [1.82, 2.24) is 9.57 Å². The zero-order valence-electron chi connectivity index (χ0n) is 11.6. The minimum Gasteiger partial charge on any atom is -0.379 e. The van der Waals surface area contributed by atoms with Crippen LogP contribution < -0.4 is 0 Å². The molecule has 0 radical (unpaired) electrons. The standard InChI is InChI=1S/C11H25N2O4P/c1-4-16-18(14,17-5-2)12(3)6-7-13-8-10-15-11-9-13/h4-11H2,1-3H3. The third-order valence-corrected chi connectivity index (χ3v) is 5.05. The van der Waals surface area contributed by atoms with Crippen molar-refractivity contribution in [3.05, 3.63) is 0 Å². The largest absolute Gasteiger partial charge is 0.407 e. The van der Waals surface area contributed by atoms with E-state index in [-0.39, 0.29) is 0 Å². The van der Waals surface area contributed by atoms with Gasteiger partial charge in [0.2, 0.25) is 0 Å². The van der Waals surface area contributed by atoms with Gasteiger partial charge >= 0.3 is 7.75 Å². The summed E-state index contributed by atoms with van der Waals surface area (Å²) in [5, 5.41) is 0. The Hall–Kier alpha value is 0.0300. The van der Waals surface area contributed by atoms with Gasteiger partial charge in [-0.2, -0.15) is 0 Å². The molecule has 1 aliphatic rings. The highest BCUT2D eigenvalue weighted by molar-refractivity contribution is 7.51. The van der Waals surface area contributed by atoms with Gasteiger partial charge in [-0.3, -0.25) is 13.9 Å². The van der Waals surface area contributed by atoms with Crippen LogP contribution in [0.25, 0.3) is 0 Å². The lowest BCUT2D eigenvalue weighted by Crippen LogP contribution is -2.40. The van der Waals surface area contributed by atoms with Crippen LogP contribution in [-0.2, 0) is 18.3 Å². The predicted octanol–water partition coefficient (Wildman–Crippen LogP) is 1.43. The van der Waals surface area contributed by atoms with Gasteiger partial charge < -0.3 is 4.74 Å². The highest BCUT2D eigenvalue weighted by Gasteiger charge is 2.29. The van der Waals surface area contributed by atoms with Crippen molar-refractivity contribution >= 4 is 7.75 Å². The van der Waals surface area contributed by atoms with Gasteiger partial charge in [0.1, 0.15) is 0 Å². The summed E-state index contributed by atoms with van der Waals surface area (Å²) < 4.78 is 30.0. The van der Waals surface area contributed by atoms with Gasteiger partial charge in [0.15, 0.2) is 0 Å². The monoisotopic (exact) mass is 280 g/mol. The van der Waals surface area contributed by atoms with Crippen LogP contribution in [-0.4, -0.2) is 69.2 Å². The van der Waals surface area contributed by atoms with Crippen LogP contribution in [0, 0.1) is 0 Å². The minimum atomic E-state index is -3.10. The van der Waals surface area contributed by atoms with E-state index in [9.17, 15) is 4.57 Å². The second kappa shape index (κ2) is 8.25. The average Bonchev–Trinajstić information content (AvgIpc) is 2.37. The van der Waals surface area contributed by atoms with Crippen LogP contribution in [0.4, 0.5) is 0 Å². The Morgan fingerprint density at radius 2 is 1.78 bits per heavy atom. The Morgan fingerprint density at radius 1 is 1.22 bits per heavy atom. The molecular weight excluding hydrogens is 255 g/mol. The fourth-order valence-electron chi connectivity index (χ4n) is 1.79. The topological polar surface area (TPSA) is 51.2 Å². The second-order valence-corrected chi connectivity index (χ2v) is 6.28. The van der Waals surface area contributed by atoms with E-state index in [0.717, 1.165) is 32.8 Å². The molecule has 0 atom stereocenters. The number of rotatable bonds is 8. The van der Waals surface area contributed by atoms with Crippen molar-refractivity contribution in [3.63, 3.8) is 0 Å². The third kappa shape index (κ3) is 4.96. The molecule has 1 rings (SSSR count). The molecule has 0 aromatic carbocycles. The summed E-state index contributed by atoms with van der Waals surface area (Å²) in [6.07, 6.45) is 0. The fourth-order valence-corrected chi connectivity index (χ4v) is 3.25. The molecule has 1 fully saturated rings. The first-order valence-corrected chi connectivity index (χ1v) is 8.02. The zero-order valence-corrected chi connectivity index (χ0v) is 12.5. The highest BCUT2D eigenvalue weighted by Crippen LogP contribution is 2.50. The number of morpholine rings is 1. The molecule has 0 unspecified atom stereocenters. The van der Waals surface area contributed by atoms with Crippen LogP contribution in [0.15, 0.2) is 0 Å². The molecule has 1 heterocycles. The van der Waals surface area contributed by atoms with Crippen molar-refractivity contribution < 1.29 is 18.3 Å². The van der Waals surface area contributed by atoms with Crippen molar-refractivity contribution in [2.45, 2.75) is 13.8 Å². The molecule has 0 aromatic heterocycles. The Balaban J connectivity index is 2.40. The van der Waals surface area contributed by atoms with Crippen LogP contribution in [0.1, 0.15) is 13.8 Å². The molecule has 0 spiro atoms.